The van der Waals surface area contributed by atoms with Gasteiger partial charge in [-0.3, -0.25) is 4.79 Å². The van der Waals surface area contributed by atoms with Gasteiger partial charge in [0.25, 0.3) is 0 Å². The Balaban J connectivity index is 1.82. The quantitative estimate of drug-likeness (QED) is 0.442. The largest absolute Gasteiger partial charge is 0.493 e. The van der Waals surface area contributed by atoms with Gasteiger partial charge in [-0.1, -0.05) is 24.3 Å². The van der Waals surface area contributed by atoms with Gasteiger partial charge < -0.3 is 9.47 Å². The van der Waals surface area contributed by atoms with Crippen LogP contribution < -0.4 is 9.47 Å². The molecule has 0 unspecified atom stereocenters. The first kappa shape index (κ1) is 14.5. The van der Waals surface area contributed by atoms with Gasteiger partial charge in [0.2, 0.25) is 0 Å². The molecule has 2 aromatic carbocycles. The van der Waals surface area contributed by atoms with Crippen LogP contribution in [0.15, 0.2) is 53.4 Å². The Morgan fingerprint density at radius 2 is 1.90 bits per heavy atom. The molecule has 2 aromatic rings. The first-order valence-electron chi connectivity index (χ1n) is 6.27. The smallest absolute Gasteiger partial charge is 0.161 e. The van der Waals surface area contributed by atoms with Crippen molar-refractivity contribution < 1.29 is 14.3 Å². The number of hydrogen-bond donors (Lipinski definition) is 0. The summed E-state index contributed by atoms with van der Waals surface area (Å²) in [6.07, 6.45) is 0.857. The van der Waals surface area contributed by atoms with Gasteiger partial charge in [0.15, 0.2) is 11.5 Å². The molecule has 0 spiro atoms. The van der Waals surface area contributed by atoms with E-state index >= 15 is 0 Å². The number of aldehydes is 1. The van der Waals surface area contributed by atoms with Gasteiger partial charge in [0, 0.05) is 16.2 Å². The summed E-state index contributed by atoms with van der Waals surface area (Å²) in [7, 11) is 1.63. The Hall–Kier alpha value is -1.94. The van der Waals surface area contributed by atoms with Crippen LogP contribution in [-0.2, 0) is 0 Å². The Morgan fingerprint density at radius 1 is 1.10 bits per heavy atom. The van der Waals surface area contributed by atoms with Gasteiger partial charge in [-0.25, -0.2) is 0 Å². The van der Waals surface area contributed by atoms with Crippen molar-refractivity contribution in [2.24, 2.45) is 0 Å². The number of carbonyl (C=O) groups excluding carboxylic acids is 1. The fraction of sp³-hybridized carbons (Fsp3) is 0.188. The lowest BCUT2D eigenvalue weighted by atomic mass is 10.2. The van der Waals surface area contributed by atoms with Crippen LogP contribution in [0.2, 0.25) is 0 Å². The number of methoxy groups -OCH3 is 1. The number of hydrogen-bond acceptors (Lipinski definition) is 4. The number of thioether (sulfide) groups is 1. The van der Waals surface area contributed by atoms with E-state index in [1.165, 1.54) is 0 Å². The van der Waals surface area contributed by atoms with Gasteiger partial charge >= 0.3 is 0 Å². The topological polar surface area (TPSA) is 35.5 Å². The highest BCUT2D eigenvalue weighted by molar-refractivity contribution is 7.99. The number of carbonyl (C=O) groups is 1. The molecule has 0 aromatic heterocycles. The number of benzene rings is 2. The van der Waals surface area contributed by atoms with Crippen LogP contribution in [0.25, 0.3) is 0 Å². The minimum absolute atomic E-state index is 0.580. The second-order valence-electron chi connectivity index (χ2n) is 4.04. The molecular weight excluding hydrogens is 272 g/mol. The molecule has 0 N–H and O–H groups in total. The van der Waals surface area contributed by atoms with Crippen LogP contribution in [0.4, 0.5) is 0 Å². The Kier molecular flexibility index (Phi) is 5.50. The number of rotatable bonds is 7. The van der Waals surface area contributed by atoms with Crippen molar-refractivity contribution in [2.75, 3.05) is 19.5 Å². The SMILES string of the molecule is COc1ccccc1OCCSc1cccc(C=O)c1. The van der Waals surface area contributed by atoms with Crippen molar-refractivity contribution in [2.45, 2.75) is 4.90 Å². The van der Waals surface area contributed by atoms with Gasteiger partial charge in [-0.2, -0.15) is 0 Å². The molecule has 0 aliphatic carbocycles. The zero-order chi connectivity index (χ0) is 14.2. The maximum Gasteiger partial charge on any atom is 0.161 e. The molecular formula is C16H16O3S. The standard InChI is InChI=1S/C16H16O3S/c1-18-15-7-2-3-8-16(15)19-9-10-20-14-6-4-5-13(11-14)12-17/h2-8,11-12H,9-10H2,1H3. The summed E-state index contributed by atoms with van der Waals surface area (Å²) >= 11 is 1.66. The molecule has 0 aliphatic heterocycles. The summed E-state index contributed by atoms with van der Waals surface area (Å²) in [6.45, 7) is 0.580. The minimum atomic E-state index is 0.580. The van der Waals surface area contributed by atoms with Crippen LogP contribution in [0.1, 0.15) is 10.4 Å². The van der Waals surface area contributed by atoms with Crippen molar-refractivity contribution in [3.8, 4) is 11.5 Å². The summed E-state index contributed by atoms with van der Waals surface area (Å²) in [5, 5.41) is 0. The molecule has 0 heterocycles. The highest BCUT2D eigenvalue weighted by Crippen LogP contribution is 2.26. The Bertz CT molecular complexity index is 569. The van der Waals surface area contributed by atoms with Crippen molar-refractivity contribution in [3.05, 3.63) is 54.1 Å². The second kappa shape index (κ2) is 7.60. The maximum absolute atomic E-state index is 10.7. The molecule has 104 valence electrons. The summed E-state index contributed by atoms with van der Waals surface area (Å²) in [5.41, 5.74) is 0.695. The average molecular weight is 288 g/mol. The van der Waals surface area contributed by atoms with E-state index in [9.17, 15) is 4.79 Å². The van der Waals surface area contributed by atoms with E-state index in [0.29, 0.717) is 12.2 Å². The lowest BCUT2D eigenvalue weighted by Crippen LogP contribution is -2.01. The van der Waals surface area contributed by atoms with E-state index in [2.05, 4.69) is 0 Å². The predicted octanol–water partition coefficient (Wildman–Crippen LogP) is 3.68. The summed E-state index contributed by atoms with van der Waals surface area (Å²) in [6, 6.07) is 15.1. The minimum Gasteiger partial charge on any atom is -0.493 e. The Labute approximate surface area is 122 Å². The van der Waals surface area contributed by atoms with E-state index in [-0.39, 0.29) is 0 Å². The lowest BCUT2D eigenvalue weighted by molar-refractivity contribution is 0.112. The van der Waals surface area contributed by atoms with Crippen molar-refractivity contribution in [1.82, 2.24) is 0 Å². The monoisotopic (exact) mass is 288 g/mol. The van der Waals surface area contributed by atoms with Crippen molar-refractivity contribution >= 4 is 18.0 Å². The normalized spacial score (nSPS) is 10.1. The van der Waals surface area contributed by atoms with Crippen LogP contribution in [-0.4, -0.2) is 25.8 Å². The van der Waals surface area contributed by atoms with E-state index in [4.69, 9.17) is 9.47 Å². The molecule has 0 aliphatic rings. The van der Waals surface area contributed by atoms with Gasteiger partial charge in [0.1, 0.15) is 6.29 Å². The van der Waals surface area contributed by atoms with Crippen LogP contribution in [0.5, 0.6) is 11.5 Å². The molecule has 0 bridgehead atoms. The molecule has 4 heteroatoms. The van der Waals surface area contributed by atoms with Crippen molar-refractivity contribution in [1.29, 1.82) is 0 Å². The zero-order valence-corrected chi connectivity index (χ0v) is 12.1. The molecule has 0 radical (unpaired) electrons. The molecule has 0 saturated carbocycles. The van der Waals surface area contributed by atoms with E-state index in [1.807, 2.05) is 42.5 Å². The highest BCUT2D eigenvalue weighted by Gasteiger charge is 2.02. The first-order chi connectivity index (χ1) is 9.83. The van der Waals surface area contributed by atoms with E-state index in [1.54, 1.807) is 24.9 Å². The average Bonchev–Trinajstić information content (AvgIpc) is 2.52. The molecule has 0 atom stereocenters. The summed E-state index contributed by atoms with van der Waals surface area (Å²) in [5.74, 6) is 2.29. The van der Waals surface area contributed by atoms with E-state index < -0.39 is 0 Å². The lowest BCUT2D eigenvalue weighted by Gasteiger charge is -2.10. The fourth-order valence-corrected chi connectivity index (χ4v) is 2.52. The molecule has 20 heavy (non-hydrogen) atoms. The van der Waals surface area contributed by atoms with Crippen LogP contribution in [0, 0.1) is 0 Å². The zero-order valence-electron chi connectivity index (χ0n) is 11.2. The third kappa shape index (κ3) is 4.03. The van der Waals surface area contributed by atoms with Gasteiger partial charge in [-0.15, -0.1) is 11.8 Å². The molecule has 0 fully saturated rings. The maximum atomic E-state index is 10.7. The first-order valence-corrected chi connectivity index (χ1v) is 7.26. The molecule has 2 rings (SSSR count). The summed E-state index contributed by atoms with van der Waals surface area (Å²) in [4.78, 5) is 11.8. The van der Waals surface area contributed by atoms with E-state index in [0.717, 1.165) is 28.4 Å². The fourth-order valence-electron chi connectivity index (χ4n) is 1.73. The number of ether oxygens (including phenoxy) is 2. The van der Waals surface area contributed by atoms with Crippen molar-refractivity contribution in [3.63, 3.8) is 0 Å². The second-order valence-corrected chi connectivity index (χ2v) is 5.21. The van der Waals surface area contributed by atoms with Crippen LogP contribution >= 0.6 is 11.8 Å². The van der Waals surface area contributed by atoms with Gasteiger partial charge in [-0.05, 0) is 24.3 Å². The number of para-hydroxylation sites is 2. The predicted molar refractivity (Wildman–Crippen MR) is 81.0 cm³/mol. The molecule has 3 nitrogen and oxygen atoms in total. The Morgan fingerprint density at radius 3 is 2.65 bits per heavy atom. The highest BCUT2D eigenvalue weighted by atomic mass is 32.2. The molecule has 0 saturated heterocycles. The summed E-state index contributed by atoms with van der Waals surface area (Å²) < 4.78 is 10.9. The molecule has 0 amide bonds. The third-order valence-corrected chi connectivity index (χ3v) is 3.63. The van der Waals surface area contributed by atoms with Gasteiger partial charge in [0.05, 0.1) is 13.7 Å². The van der Waals surface area contributed by atoms with Crippen LogP contribution in [0.3, 0.4) is 0 Å². The third-order valence-electron chi connectivity index (χ3n) is 2.67.